The quantitative estimate of drug-likeness (QED) is 0.740. The zero-order valence-electron chi connectivity index (χ0n) is 9.53. The molecule has 0 aliphatic heterocycles. The van der Waals surface area contributed by atoms with E-state index in [9.17, 15) is 4.79 Å². The third kappa shape index (κ3) is 3.07. The zero-order valence-corrected chi connectivity index (χ0v) is 10.3. The molecule has 1 aromatic heterocycles. The van der Waals surface area contributed by atoms with Crippen LogP contribution in [0.3, 0.4) is 0 Å². The first kappa shape index (κ1) is 12.7. The molecule has 0 radical (unpaired) electrons. The van der Waals surface area contributed by atoms with Gasteiger partial charge in [-0.1, -0.05) is 6.07 Å². The van der Waals surface area contributed by atoms with E-state index in [1.807, 2.05) is 17.5 Å². The molecule has 0 saturated heterocycles. The first-order valence-corrected chi connectivity index (χ1v) is 6.11. The van der Waals surface area contributed by atoms with Gasteiger partial charge < -0.3 is 4.74 Å². The van der Waals surface area contributed by atoms with Gasteiger partial charge in [-0.05, 0) is 38.1 Å². The predicted molar refractivity (Wildman–Crippen MR) is 63.0 cm³/mol. The number of carbonyl (C=O) groups excluding carboxylic acids is 1. The Bertz CT molecular complexity index is 380. The van der Waals surface area contributed by atoms with E-state index < -0.39 is 11.4 Å². The Morgan fingerprint density at radius 3 is 2.94 bits per heavy atom. The van der Waals surface area contributed by atoms with Crippen LogP contribution in [0, 0.1) is 16.7 Å². The average Bonchev–Trinajstić information content (AvgIpc) is 2.79. The fourth-order valence-electron chi connectivity index (χ4n) is 1.32. The first-order chi connectivity index (χ1) is 7.62. The molecule has 0 fully saturated rings. The monoisotopic (exact) mass is 237 g/mol. The SMILES string of the molecule is CCOC(=O)C(C)(C#N)CCc1cccs1. The molecular formula is C12H15NO2S. The summed E-state index contributed by atoms with van der Waals surface area (Å²) in [5.74, 6) is -0.422. The number of ether oxygens (including phenoxy) is 1. The molecule has 16 heavy (non-hydrogen) atoms. The number of aryl methyl sites for hydroxylation is 1. The summed E-state index contributed by atoms with van der Waals surface area (Å²) >= 11 is 1.64. The molecule has 1 heterocycles. The van der Waals surface area contributed by atoms with Crippen LogP contribution in [0.5, 0.6) is 0 Å². The standard InChI is InChI=1S/C12H15NO2S/c1-3-15-11(14)12(2,9-13)7-6-10-5-4-8-16-10/h4-5,8H,3,6-7H2,1-2H3. The van der Waals surface area contributed by atoms with Crippen molar-refractivity contribution in [2.45, 2.75) is 26.7 Å². The molecule has 0 saturated carbocycles. The molecule has 1 rings (SSSR count). The van der Waals surface area contributed by atoms with E-state index >= 15 is 0 Å². The third-order valence-electron chi connectivity index (χ3n) is 2.42. The van der Waals surface area contributed by atoms with Crippen LogP contribution in [-0.4, -0.2) is 12.6 Å². The maximum Gasteiger partial charge on any atom is 0.326 e. The van der Waals surface area contributed by atoms with Gasteiger partial charge in [0.1, 0.15) is 0 Å². The molecule has 3 nitrogen and oxygen atoms in total. The highest BCUT2D eigenvalue weighted by Gasteiger charge is 2.34. The average molecular weight is 237 g/mol. The Morgan fingerprint density at radius 2 is 2.44 bits per heavy atom. The Kier molecular flexibility index (Phi) is 4.51. The van der Waals surface area contributed by atoms with Crippen molar-refractivity contribution in [3.8, 4) is 6.07 Å². The molecule has 4 heteroatoms. The molecule has 0 spiro atoms. The van der Waals surface area contributed by atoms with Gasteiger partial charge in [0.25, 0.3) is 0 Å². The summed E-state index contributed by atoms with van der Waals surface area (Å²) in [5, 5.41) is 11.1. The third-order valence-corrected chi connectivity index (χ3v) is 3.36. The molecule has 1 atom stereocenters. The van der Waals surface area contributed by atoms with E-state index in [1.54, 1.807) is 25.2 Å². The lowest BCUT2D eigenvalue weighted by molar-refractivity contribution is -0.151. The fourth-order valence-corrected chi connectivity index (χ4v) is 2.03. The Labute approximate surface area is 99.7 Å². The van der Waals surface area contributed by atoms with Crippen LogP contribution in [0.2, 0.25) is 0 Å². The summed E-state index contributed by atoms with van der Waals surface area (Å²) in [6, 6.07) is 6.03. The minimum absolute atomic E-state index is 0.315. The number of nitriles is 1. The van der Waals surface area contributed by atoms with Crippen molar-refractivity contribution in [3.05, 3.63) is 22.4 Å². The van der Waals surface area contributed by atoms with E-state index in [1.165, 1.54) is 4.88 Å². The molecule has 0 aromatic carbocycles. The highest BCUT2D eigenvalue weighted by Crippen LogP contribution is 2.25. The van der Waals surface area contributed by atoms with E-state index in [2.05, 4.69) is 6.07 Å². The van der Waals surface area contributed by atoms with Gasteiger partial charge in [-0.3, -0.25) is 4.79 Å². The Morgan fingerprint density at radius 1 is 1.69 bits per heavy atom. The second-order valence-corrected chi connectivity index (χ2v) is 4.78. The second-order valence-electron chi connectivity index (χ2n) is 3.74. The molecule has 0 amide bonds. The van der Waals surface area contributed by atoms with E-state index in [0.717, 1.165) is 6.42 Å². The number of carbonyl (C=O) groups is 1. The number of thiophene rings is 1. The Hall–Kier alpha value is -1.34. The maximum absolute atomic E-state index is 11.6. The number of esters is 1. The van der Waals surface area contributed by atoms with Crippen LogP contribution in [-0.2, 0) is 16.0 Å². The van der Waals surface area contributed by atoms with Crippen molar-refractivity contribution in [2.75, 3.05) is 6.61 Å². The lowest BCUT2D eigenvalue weighted by Crippen LogP contribution is -2.28. The fraction of sp³-hybridized carbons (Fsp3) is 0.500. The van der Waals surface area contributed by atoms with Crippen molar-refractivity contribution in [1.29, 1.82) is 5.26 Å². The van der Waals surface area contributed by atoms with Crippen LogP contribution in [0.1, 0.15) is 25.1 Å². The summed E-state index contributed by atoms with van der Waals surface area (Å²) in [5.41, 5.74) is -1.03. The van der Waals surface area contributed by atoms with Gasteiger partial charge >= 0.3 is 5.97 Å². The zero-order chi connectivity index (χ0) is 12.0. The molecule has 0 aliphatic rings. The maximum atomic E-state index is 11.6. The van der Waals surface area contributed by atoms with Gasteiger partial charge in [-0.15, -0.1) is 11.3 Å². The minimum Gasteiger partial charge on any atom is -0.465 e. The minimum atomic E-state index is -1.03. The van der Waals surface area contributed by atoms with E-state index in [4.69, 9.17) is 10.00 Å². The van der Waals surface area contributed by atoms with Crippen molar-refractivity contribution in [1.82, 2.24) is 0 Å². The normalized spacial score (nSPS) is 13.8. The van der Waals surface area contributed by atoms with Crippen molar-refractivity contribution in [3.63, 3.8) is 0 Å². The largest absolute Gasteiger partial charge is 0.465 e. The first-order valence-electron chi connectivity index (χ1n) is 5.23. The van der Waals surface area contributed by atoms with Gasteiger partial charge in [-0.2, -0.15) is 5.26 Å². The molecule has 1 aromatic rings. The van der Waals surface area contributed by atoms with Crippen LogP contribution in [0.15, 0.2) is 17.5 Å². The number of hydrogen-bond donors (Lipinski definition) is 0. The number of nitrogens with zero attached hydrogens (tertiary/aromatic N) is 1. The number of rotatable bonds is 5. The Balaban J connectivity index is 2.60. The van der Waals surface area contributed by atoms with Crippen LogP contribution < -0.4 is 0 Å². The molecule has 86 valence electrons. The van der Waals surface area contributed by atoms with Crippen molar-refractivity contribution >= 4 is 17.3 Å². The highest BCUT2D eigenvalue weighted by molar-refractivity contribution is 7.09. The van der Waals surface area contributed by atoms with E-state index in [0.29, 0.717) is 13.0 Å². The van der Waals surface area contributed by atoms with Gasteiger partial charge in [-0.25, -0.2) is 0 Å². The molecule has 0 bridgehead atoms. The summed E-state index contributed by atoms with van der Waals surface area (Å²) in [7, 11) is 0. The van der Waals surface area contributed by atoms with Gasteiger partial charge in [0, 0.05) is 4.88 Å². The topological polar surface area (TPSA) is 50.1 Å². The molecule has 0 aliphatic carbocycles. The van der Waals surface area contributed by atoms with Crippen molar-refractivity contribution < 1.29 is 9.53 Å². The van der Waals surface area contributed by atoms with Crippen LogP contribution in [0.4, 0.5) is 0 Å². The summed E-state index contributed by atoms with van der Waals surface area (Å²) in [6.07, 6.45) is 1.24. The molecule has 1 unspecified atom stereocenters. The summed E-state index contributed by atoms with van der Waals surface area (Å²) in [6.45, 7) is 3.70. The smallest absolute Gasteiger partial charge is 0.326 e. The predicted octanol–water partition coefficient (Wildman–Crippen LogP) is 2.77. The molecular weight excluding hydrogens is 222 g/mol. The highest BCUT2D eigenvalue weighted by atomic mass is 32.1. The summed E-state index contributed by atoms with van der Waals surface area (Å²) in [4.78, 5) is 12.8. The van der Waals surface area contributed by atoms with Crippen LogP contribution in [0.25, 0.3) is 0 Å². The van der Waals surface area contributed by atoms with Crippen LogP contribution >= 0.6 is 11.3 Å². The van der Waals surface area contributed by atoms with Gasteiger partial charge in [0.2, 0.25) is 0 Å². The number of hydrogen-bond acceptors (Lipinski definition) is 4. The second kappa shape index (κ2) is 5.66. The van der Waals surface area contributed by atoms with Gasteiger partial charge in [0.15, 0.2) is 5.41 Å². The van der Waals surface area contributed by atoms with Gasteiger partial charge in [0.05, 0.1) is 12.7 Å². The lowest BCUT2D eigenvalue weighted by atomic mass is 9.87. The van der Waals surface area contributed by atoms with Crippen molar-refractivity contribution in [2.24, 2.45) is 5.41 Å². The summed E-state index contributed by atoms with van der Waals surface area (Å²) < 4.78 is 4.91. The van der Waals surface area contributed by atoms with E-state index in [-0.39, 0.29) is 0 Å². The molecule has 0 N–H and O–H groups in total. The lowest BCUT2D eigenvalue weighted by Gasteiger charge is -2.18.